The summed E-state index contributed by atoms with van der Waals surface area (Å²) in [5, 5.41) is 4.34. The average molecular weight is 230 g/mol. The molecule has 0 aromatic carbocycles. The van der Waals surface area contributed by atoms with Gasteiger partial charge in [-0.1, -0.05) is 20.8 Å². The van der Waals surface area contributed by atoms with E-state index < -0.39 is 0 Å². The van der Waals surface area contributed by atoms with Crippen molar-refractivity contribution in [2.45, 2.75) is 32.4 Å². The lowest BCUT2D eigenvalue weighted by molar-refractivity contribution is 0.281. The van der Waals surface area contributed by atoms with Crippen molar-refractivity contribution < 1.29 is 0 Å². The van der Waals surface area contributed by atoms with Crippen LogP contribution in [0.3, 0.4) is 0 Å². The van der Waals surface area contributed by atoms with Crippen molar-refractivity contribution in [3.63, 3.8) is 0 Å². The molecule has 1 atom stereocenters. The molecule has 0 bridgehead atoms. The van der Waals surface area contributed by atoms with E-state index in [9.17, 15) is 0 Å². The Labute approximate surface area is 99.2 Å². The summed E-state index contributed by atoms with van der Waals surface area (Å²) in [7, 11) is 0. The molecule has 3 heteroatoms. The fraction of sp³-hybridized carbons (Fsp3) is 1.00. The summed E-state index contributed by atoms with van der Waals surface area (Å²) in [5.41, 5.74) is 0. The molecule has 1 aliphatic rings. The zero-order valence-corrected chi connectivity index (χ0v) is 11.3. The summed E-state index contributed by atoms with van der Waals surface area (Å²) in [6.45, 7) is 13.0. The summed E-state index contributed by atoms with van der Waals surface area (Å²) in [6, 6.07) is 0. The fourth-order valence-electron chi connectivity index (χ4n) is 1.91. The van der Waals surface area contributed by atoms with Crippen LogP contribution in [-0.2, 0) is 0 Å². The van der Waals surface area contributed by atoms with Gasteiger partial charge in [0.1, 0.15) is 0 Å². The number of hydrogen-bond acceptors (Lipinski definition) is 3. The molecule has 0 aromatic heterocycles. The molecule has 1 fully saturated rings. The van der Waals surface area contributed by atoms with Crippen LogP contribution in [0.1, 0.15) is 27.2 Å². The third kappa shape index (κ3) is 6.44. The molecule has 0 radical (unpaired) electrons. The summed E-state index contributed by atoms with van der Waals surface area (Å²) in [4.78, 5) is 2.61. The van der Waals surface area contributed by atoms with Crippen molar-refractivity contribution in [3.8, 4) is 0 Å². The van der Waals surface area contributed by atoms with Crippen molar-refractivity contribution >= 4 is 11.8 Å². The number of hydrogen-bond donors (Lipinski definition) is 1. The first kappa shape index (κ1) is 13.3. The van der Waals surface area contributed by atoms with Crippen molar-refractivity contribution in [2.75, 3.05) is 38.5 Å². The Hall–Kier alpha value is 0.270. The van der Waals surface area contributed by atoms with E-state index in [0.717, 1.165) is 17.7 Å². The highest BCUT2D eigenvalue weighted by Crippen LogP contribution is 2.17. The maximum atomic E-state index is 3.50. The second-order valence-corrected chi connectivity index (χ2v) is 6.48. The highest BCUT2D eigenvalue weighted by Gasteiger charge is 2.15. The van der Waals surface area contributed by atoms with Gasteiger partial charge in [-0.3, -0.25) is 0 Å². The fourth-order valence-corrected chi connectivity index (χ4v) is 2.99. The van der Waals surface area contributed by atoms with Gasteiger partial charge >= 0.3 is 0 Å². The maximum absolute atomic E-state index is 3.50. The van der Waals surface area contributed by atoms with Gasteiger partial charge in [-0.15, -0.1) is 0 Å². The maximum Gasteiger partial charge on any atom is 0.0147 e. The van der Waals surface area contributed by atoms with E-state index in [1.807, 2.05) is 0 Å². The van der Waals surface area contributed by atoms with E-state index in [4.69, 9.17) is 0 Å². The minimum atomic E-state index is 0.774. The molecule has 1 heterocycles. The zero-order chi connectivity index (χ0) is 11.1. The monoisotopic (exact) mass is 230 g/mol. The second-order valence-electron chi connectivity index (χ2n) is 4.93. The van der Waals surface area contributed by atoms with E-state index in [2.05, 4.69) is 42.7 Å². The summed E-state index contributed by atoms with van der Waals surface area (Å²) >= 11 is 2.11. The smallest absolute Gasteiger partial charge is 0.0147 e. The predicted molar refractivity (Wildman–Crippen MR) is 70.7 cm³/mol. The summed E-state index contributed by atoms with van der Waals surface area (Å²) < 4.78 is 0. The molecular weight excluding hydrogens is 204 g/mol. The van der Waals surface area contributed by atoms with Crippen LogP contribution in [0.4, 0.5) is 0 Å². The molecule has 15 heavy (non-hydrogen) atoms. The van der Waals surface area contributed by atoms with Gasteiger partial charge in [0.25, 0.3) is 0 Å². The Kier molecular flexibility index (Phi) is 6.69. The van der Waals surface area contributed by atoms with Crippen molar-refractivity contribution in [3.05, 3.63) is 0 Å². The minimum absolute atomic E-state index is 0.774. The largest absolute Gasteiger partial charge is 0.316 e. The molecule has 0 aliphatic carbocycles. The Bertz CT molecular complexity index is 162. The lowest BCUT2D eigenvalue weighted by atomic mass is 10.2. The van der Waals surface area contributed by atoms with Gasteiger partial charge in [-0.05, 0) is 32.0 Å². The van der Waals surface area contributed by atoms with Crippen molar-refractivity contribution in [1.82, 2.24) is 10.2 Å². The number of nitrogens with zero attached hydrogens (tertiary/aromatic N) is 1. The van der Waals surface area contributed by atoms with Gasteiger partial charge in [-0.25, -0.2) is 0 Å². The van der Waals surface area contributed by atoms with Crippen LogP contribution in [0, 0.1) is 5.92 Å². The third-order valence-corrected chi connectivity index (χ3v) is 3.84. The third-order valence-electron chi connectivity index (χ3n) is 2.71. The Balaban J connectivity index is 1.95. The van der Waals surface area contributed by atoms with Gasteiger partial charge < -0.3 is 10.2 Å². The Morgan fingerprint density at radius 2 is 2.27 bits per heavy atom. The molecule has 2 nitrogen and oxygen atoms in total. The van der Waals surface area contributed by atoms with Gasteiger partial charge in [-0.2, -0.15) is 11.8 Å². The lowest BCUT2D eigenvalue weighted by Gasteiger charge is -2.30. The Morgan fingerprint density at radius 3 is 2.93 bits per heavy atom. The second kappa shape index (κ2) is 7.53. The zero-order valence-electron chi connectivity index (χ0n) is 10.5. The van der Waals surface area contributed by atoms with Crippen molar-refractivity contribution in [2.24, 2.45) is 5.92 Å². The number of thioether (sulfide) groups is 1. The van der Waals surface area contributed by atoms with Crippen LogP contribution in [0.5, 0.6) is 0 Å². The molecule has 0 aromatic rings. The van der Waals surface area contributed by atoms with E-state index in [0.29, 0.717) is 0 Å². The summed E-state index contributed by atoms with van der Waals surface area (Å²) in [5.74, 6) is 2.09. The van der Waals surface area contributed by atoms with Crippen LogP contribution in [0.15, 0.2) is 0 Å². The molecule has 1 unspecified atom stereocenters. The molecular formula is C12H26N2S. The first-order valence-corrected chi connectivity index (χ1v) is 7.28. The first-order chi connectivity index (χ1) is 7.18. The molecule has 0 spiro atoms. The lowest BCUT2D eigenvalue weighted by Crippen LogP contribution is -2.38. The first-order valence-electron chi connectivity index (χ1n) is 6.23. The minimum Gasteiger partial charge on any atom is -0.316 e. The normalized spacial score (nSPS) is 23.6. The molecule has 1 N–H and O–H groups in total. The SMILES string of the molecule is CC(C)CNCCCN1CCSC(C)C1. The van der Waals surface area contributed by atoms with Crippen molar-refractivity contribution in [1.29, 1.82) is 0 Å². The van der Waals surface area contributed by atoms with E-state index in [-0.39, 0.29) is 0 Å². The Morgan fingerprint density at radius 1 is 1.47 bits per heavy atom. The van der Waals surface area contributed by atoms with E-state index in [1.165, 1.54) is 38.4 Å². The number of rotatable bonds is 6. The average Bonchev–Trinajstić information content (AvgIpc) is 2.17. The standard InChI is InChI=1S/C12H26N2S/c1-11(2)9-13-5-4-6-14-7-8-15-12(3)10-14/h11-13H,4-10H2,1-3H3. The highest BCUT2D eigenvalue weighted by molar-refractivity contribution is 7.99. The summed E-state index contributed by atoms with van der Waals surface area (Å²) in [6.07, 6.45) is 1.30. The van der Waals surface area contributed by atoms with Crippen LogP contribution in [0.2, 0.25) is 0 Å². The van der Waals surface area contributed by atoms with Gasteiger partial charge in [0.2, 0.25) is 0 Å². The van der Waals surface area contributed by atoms with Gasteiger partial charge in [0.15, 0.2) is 0 Å². The topological polar surface area (TPSA) is 15.3 Å². The van der Waals surface area contributed by atoms with Crippen LogP contribution in [-0.4, -0.2) is 48.6 Å². The van der Waals surface area contributed by atoms with E-state index in [1.54, 1.807) is 0 Å². The quantitative estimate of drug-likeness (QED) is 0.703. The molecule has 0 amide bonds. The van der Waals surface area contributed by atoms with Crippen LogP contribution < -0.4 is 5.32 Å². The van der Waals surface area contributed by atoms with Crippen LogP contribution >= 0.6 is 11.8 Å². The highest BCUT2D eigenvalue weighted by atomic mass is 32.2. The van der Waals surface area contributed by atoms with Crippen LogP contribution in [0.25, 0.3) is 0 Å². The van der Waals surface area contributed by atoms with E-state index >= 15 is 0 Å². The molecule has 1 saturated heterocycles. The molecule has 90 valence electrons. The molecule has 1 rings (SSSR count). The molecule has 1 aliphatic heterocycles. The predicted octanol–water partition coefficient (Wildman–Crippen LogP) is 2.06. The number of nitrogens with one attached hydrogen (secondary N) is 1. The van der Waals surface area contributed by atoms with Gasteiger partial charge in [0, 0.05) is 24.1 Å². The molecule has 0 saturated carbocycles. The van der Waals surface area contributed by atoms with Gasteiger partial charge in [0.05, 0.1) is 0 Å².